The van der Waals surface area contributed by atoms with Crippen molar-refractivity contribution in [2.24, 2.45) is 5.92 Å². The fourth-order valence-electron chi connectivity index (χ4n) is 4.15. The third-order valence-electron chi connectivity index (χ3n) is 5.64. The molecule has 1 saturated carbocycles. The molecule has 2 fully saturated rings. The molecule has 2 aromatic rings. The molecule has 0 N–H and O–H groups in total. The Morgan fingerprint density at radius 2 is 2.08 bits per heavy atom. The summed E-state index contributed by atoms with van der Waals surface area (Å²) in [6.07, 6.45) is 6.03. The first kappa shape index (κ1) is 17.9. The van der Waals surface area contributed by atoms with Crippen molar-refractivity contribution in [3.63, 3.8) is 0 Å². The quantitative estimate of drug-likeness (QED) is 0.794. The zero-order valence-corrected chi connectivity index (χ0v) is 16.7. The number of nitrogens with zero attached hydrogens (tertiary/aromatic N) is 4. The van der Waals surface area contributed by atoms with Crippen LogP contribution in [0.2, 0.25) is 0 Å². The van der Waals surface area contributed by atoms with Gasteiger partial charge in [-0.15, -0.1) is 11.3 Å². The Morgan fingerprint density at radius 1 is 1.31 bits per heavy atom. The first-order valence-electron chi connectivity index (χ1n) is 9.79. The van der Waals surface area contributed by atoms with E-state index in [2.05, 4.69) is 17.4 Å². The van der Waals surface area contributed by atoms with E-state index in [-0.39, 0.29) is 17.8 Å². The molecule has 6 nitrogen and oxygen atoms in total. The minimum atomic E-state index is -0.0872. The van der Waals surface area contributed by atoms with Gasteiger partial charge in [0.15, 0.2) is 5.82 Å². The smallest absolute Gasteiger partial charge is 0.346 e. The fraction of sp³-hybridized carbons (Fsp3) is 0.737. The van der Waals surface area contributed by atoms with E-state index >= 15 is 0 Å². The second kappa shape index (κ2) is 7.27. The van der Waals surface area contributed by atoms with Gasteiger partial charge in [-0.05, 0) is 39.0 Å². The Kier molecular flexibility index (Phi) is 5.01. The average molecular weight is 377 g/mol. The summed E-state index contributed by atoms with van der Waals surface area (Å²) < 4.78 is 9.24. The maximum Gasteiger partial charge on any atom is 0.346 e. The number of hydrogen-bond donors (Lipinski definition) is 0. The van der Waals surface area contributed by atoms with Crippen LogP contribution in [-0.2, 0) is 11.3 Å². The molecule has 0 spiro atoms. The highest BCUT2D eigenvalue weighted by atomic mass is 32.1. The monoisotopic (exact) mass is 376 g/mol. The van der Waals surface area contributed by atoms with Crippen LogP contribution >= 0.6 is 11.3 Å². The van der Waals surface area contributed by atoms with Gasteiger partial charge >= 0.3 is 5.69 Å². The summed E-state index contributed by atoms with van der Waals surface area (Å²) in [6, 6.07) is 0.0622. The molecule has 3 heterocycles. The Morgan fingerprint density at radius 3 is 2.73 bits per heavy atom. The summed E-state index contributed by atoms with van der Waals surface area (Å²) in [5.74, 6) is 1.76. The van der Waals surface area contributed by atoms with Gasteiger partial charge in [-0.3, -0.25) is 4.57 Å². The lowest BCUT2D eigenvalue weighted by Gasteiger charge is -2.16. The maximum atomic E-state index is 12.9. The van der Waals surface area contributed by atoms with E-state index in [0.29, 0.717) is 18.4 Å². The van der Waals surface area contributed by atoms with Gasteiger partial charge < -0.3 is 4.74 Å². The molecule has 7 heteroatoms. The molecule has 1 aliphatic heterocycles. The molecule has 2 aliphatic rings. The molecule has 142 valence electrons. The Hall–Kier alpha value is -1.47. The van der Waals surface area contributed by atoms with Crippen molar-refractivity contribution in [3.8, 4) is 0 Å². The van der Waals surface area contributed by atoms with Crippen LogP contribution in [0.4, 0.5) is 0 Å². The number of ether oxygens (including phenoxy) is 1. The van der Waals surface area contributed by atoms with Gasteiger partial charge in [-0.2, -0.15) is 5.10 Å². The Labute approximate surface area is 158 Å². The van der Waals surface area contributed by atoms with Crippen molar-refractivity contribution in [2.75, 3.05) is 6.61 Å². The molecule has 0 radical (unpaired) electrons. The first-order valence-corrected chi connectivity index (χ1v) is 10.7. The zero-order valence-electron chi connectivity index (χ0n) is 15.9. The summed E-state index contributed by atoms with van der Waals surface area (Å²) in [7, 11) is 0. The van der Waals surface area contributed by atoms with Crippen LogP contribution in [0.15, 0.2) is 10.2 Å². The van der Waals surface area contributed by atoms with Crippen molar-refractivity contribution in [1.82, 2.24) is 19.3 Å². The maximum absolute atomic E-state index is 12.9. The molecule has 0 amide bonds. The van der Waals surface area contributed by atoms with Crippen molar-refractivity contribution < 1.29 is 4.74 Å². The SMILES string of the molecule is CC(C)n1c([C@H]2OCC[C@H]2C)nn(Cc2csc(C3CCCC3)n2)c1=O. The molecule has 0 bridgehead atoms. The summed E-state index contributed by atoms with van der Waals surface area (Å²) in [4.78, 5) is 17.7. The lowest BCUT2D eigenvalue weighted by Crippen LogP contribution is -2.28. The van der Waals surface area contributed by atoms with Gasteiger partial charge in [0.25, 0.3) is 0 Å². The lowest BCUT2D eigenvalue weighted by molar-refractivity contribution is 0.0825. The van der Waals surface area contributed by atoms with Gasteiger partial charge in [0, 0.05) is 23.9 Å². The van der Waals surface area contributed by atoms with E-state index < -0.39 is 0 Å². The molecule has 0 unspecified atom stereocenters. The minimum absolute atomic E-state index is 0.0619. The predicted molar refractivity (Wildman–Crippen MR) is 102 cm³/mol. The highest BCUT2D eigenvalue weighted by Crippen LogP contribution is 2.36. The summed E-state index contributed by atoms with van der Waals surface area (Å²) >= 11 is 1.73. The van der Waals surface area contributed by atoms with Gasteiger partial charge in [0.2, 0.25) is 0 Å². The van der Waals surface area contributed by atoms with E-state index in [1.165, 1.54) is 30.7 Å². The highest BCUT2D eigenvalue weighted by molar-refractivity contribution is 7.09. The van der Waals surface area contributed by atoms with Crippen LogP contribution in [0, 0.1) is 5.92 Å². The van der Waals surface area contributed by atoms with E-state index in [1.54, 1.807) is 20.6 Å². The number of aromatic nitrogens is 4. The van der Waals surface area contributed by atoms with E-state index in [0.717, 1.165) is 24.5 Å². The van der Waals surface area contributed by atoms with E-state index in [9.17, 15) is 4.79 Å². The van der Waals surface area contributed by atoms with Crippen LogP contribution < -0.4 is 5.69 Å². The normalized spacial score (nSPS) is 24.2. The lowest BCUT2D eigenvalue weighted by atomic mass is 10.0. The van der Waals surface area contributed by atoms with E-state index in [4.69, 9.17) is 9.72 Å². The van der Waals surface area contributed by atoms with Gasteiger partial charge in [-0.25, -0.2) is 14.5 Å². The van der Waals surface area contributed by atoms with Gasteiger partial charge in [0.1, 0.15) is 6.10 Å². The number of thiazole rings is 1. The Balaban J connectivity index is 1.61. The second-order valence-electron chi connectivity index (χ2n) is 7.98. The Bertz CT molecular complexity index is 816. The van der Waals surface area contributed by atoms with Crippen molar-refractivity contribution in [1.29, 1.82) is 0 Å². The molecular formula is C19H28N4O2S. The molecule has 1 aliphatic carbocycles. The largest absolute Gasteiger partial charge is 0.370 e. The van der Waals surface area contributed by atoms with Crippen molar-refractivity contribution in [3.05, 3.63) is 32.4 Å². The van der Waals surface area contributed by atoms with Crippen LogP contribution in [0.5, 0.6) is 0 Å². The summed E-state index contributed by atoms with van der Waals surface area (Å²) in [6.45, 7) is 7.40. The van der Waals surface area contributed by atoms with Crippen molar-refractivity contribution >= 4 is 11.3 Å². The van der Waals surface area contributed by atoms with Crippen LogP contribution in [0.25, 0.3) is 0 Å². The topological polar surface area (TPSA) is 61.9 Å². The van der Waals surface area contributed by atoms with Crippen LogP contribution in [0.3, 0.4) is 0 Å². The average Bonchev–Trinajstić information content (AvgIpc) is 3.36. The van der Waals surface area contributed by atoms with E-state index in [1.807, 2.05) is 13.8 Å². The number of rotatable bonds is 5. The number of hydrogen-bond acceptors (Lipinski definition) is 5. The molecule has 1 saturated heterocycles. The molecule has 26 heavy (non-hydrogen) atoms. The molecule has 2 atom stereocenters. The summed E-state index contributed by atoms with van der Waals surface area (Å²) in [5, 5.41) is 7.98. The molecule has 4 rings (SSSR count). The fourth-order valence-corrected chi connectivity index (χ4v) is 5.14. The molecular weight excluding hydrogens is 348 g/mol. The van der Waals surface area contributed by atoms with Crippen LogP contribution in [0.1, 0.15) is 87.5 Å². The minimum Gasteiger partial charge on any atom is -0.370 e. The molecule has 0 aromatic carbocycles. The zero-order chi connectivity index (χ0) is 18.3. The standard InChI is InChI=1S/C19H28N4O2S/c1-12(2)23-17(16-13(3)8-9-25-16)21-22(19(23)24)10-15-11-26-18(20-15)14-6-4-5-7-14/h11-14,16H,4-10H2,1-3H3/t13-,16+/m1/s1. The third-order valence-corrected chi connectivity index (χ3v) is 6.70. The summed E-state index contributed by atoms with van der Waals surface area (Å²) in [5.41, 5.74) is 0.882. The second-order valence-corrected chi connectivity index (χ2v) is 8.87. The predicted octanol–water partition coefficient (Wildman–Crippen LogP) is 3.89. The van der Waals surface area contributed by atoms with Gasteiger partial charge in [0.05, 0.1) is 17.2 Å². The first-order chi connectivity index (χ1) is 12.5. The van der Waals surface area contributed by atoms with Crippen LogP contribution in [-0.4, -0.2) is 25.9 Å². The molecule has 2 aromatic heterocycles. The van der Waals surface area contributed by atoms with Gasteiger partial charge in [-0.1, -0.05) is 19.8 Å². The highest BCUT2D eigenvalue weighted by Gasteiger charge is 2.32. The van der Waals surface area contributed by atoms with Crippen molar-refractivity contribution in [2.45, 2.75) is 77.5 Å². The third kappa shape index (κ3) is 3.27.